The number of allylic oxidation sites excluding steroid dienone is 2. The lowest BCUT2D eigenvalue weighted by Crippen LogP contribution is -2.34. The van der Waals surface area contributed by atoms with Gasteiger partial charge in [0.2, 0.25) is 0 Å². The first-order chi connectivity index (χ1) is 8.48. The summed E-state index contributed by atoms with van der Waals surface area (Å²) >= 11 is 4.89. The van der Waals surface area contributed by atoms with Crippen LogP contribution in [0.5, 0.6) is 0 Å². The second-order valence-corrected chi connectivity index (χ2v) is 6.88. The van der Waals surface area contributed by atoms with Crippen molar-refractivity contribution in [3.8, 4) is 0 Å². The molecule has 0 saturated heterocycles. The third-order valence-electron chi connectivity index (χ3n) is 5.22. The predicted molar refractivity (Wildman–Crippen MR) is 81.0 cm³/mol. The fourth-order valence-corrected chi connectivity index (χ4v) is 4.08. The molecule has 0 aliphatic heterocycles. The molecule has 0 bridgehead atoms. The van der Waals surface area contributed by atoms with Crippen molar-refractivity contribution in [3.63, 3.8) is 0 Å². The van der Waals surface area contributed by atoms with Crippen LogP contribution in [-0.2, 0) is 0 Å². The summed E-state index contributed by atoms with van der Waals surface area (Å²) in [5.74, 6) is 2.82. The van der Waals surface area contributed by atoms with E-state index in [4.69, 9.17) is 12.2 Å². The summed E-state index contributed by atoms with van der Waals surface area (Å²) in [6, 6.07) is 0. The van der Waals surface area contributed by atoms with Gasteiger partial charge in [-0.25, -0.2) is 4.99 Å². The Morgan fingerprint density at radius 1 is 1.44 bits per heavy atom. The van der Waals surface area contributed by atoms with E-state index in [2.05, 4.69) is 43.9 Å². The summed E-state index contributed by atoms with van der Waals surface area (Å²) in [4.78, 5) is 4.58. The molecule has 0 aromatic carbocycles. The smallest absolute Gasteiger partial charge is 0.0719 e. The standard InChI is InChI=1S/C16H25NS/c1-11(2)13-7-8-16(4,17-10-18)15-6-5-12(3)14(15)9-13/h9,11-12,14-15H,5-8H2,1-4H3/t12-,14-,15+,16+/m1/s1. The van der Waals surface area contributed by atoms with Gasteiger partial charge in [0, 0.05) is 0 Å². The molecule has 0 heterocycles. The highest BCUT2D eigenvalue weighted by molar-refractivity contribution is 7.78. The van der Waals surface area contributed by atoms with Crippen molar-refractivity contribution in [3.05, 3.63) is 11.6 Å². The van der Waals surface area contributed by atoms with Crippen molar-refractivity contribution in [1.29, 1.82) is 0 Å². The van der Waals surface area contributed by atoms with Crippen molar-refractivity contribution >= 4 is 17.4 Å². The molecule has 18 heavy (non-hydrogen) atoms. The number of fused-ring (bicyclic) bond motifs is 1. The van der Waals surface area contributed by atoms with Gasteiger partial charge in [-0.15, -0.1) is 0 Å². The molecule has 0 radical (unpaired) electrons. The molecule has 0 aromatic rings. The SMILES string of the molecule is CC(C)C1=C[C@@H]2[C@H](C)CC[C@@H]2[C@@](C)(N=C=S)CC1. The fourth-order valence-electron chi connectivity index (χ4n) is 3.87. The van der Waals surface area contributed by atoms with Crippen molar-refractivity contribution in [2.24, 2.45) is 28.7 Å². The maximum Gasteiger partial charge on any atom is 0.0719 e. The van der Waals surface area contributed by atoms with Crippen LogP contribution in [0.25, 0.3) is 0 Å². The Balaban J connectivity index is 2.37. The Bertz CT molecular complexity index is 392. The van der Waals surface area contributed by atoms with Crippen LogP contribution in [0, 0.1) is 23.7 Å². The Hall–Kier alpha value is -0.460. The molecule has 2 rings (SSSR count). The zero-order valence-electron chi connectivity index (χ0n) is 12.1. The van der Waals surface area contributed by atoms with Crippen molar-refractivity contribution in [2.75, 3.05) is 0 Å². The Kier molecular flexibility index (Phi) is 4.08. The lowest BCUT2D eigenvalue weighted by atomic mass is 9.76. The van der Waals surface area contributed by atoms with Gasteiger partial charge < -0.3 is 0 Å². The highest BCUT2D eigenvalue weighted by Gasteiger charge is 2.45. The maximum absolute atomic E-state index is 4.89. The average molecular weight is 263 g/mol. The number of isothiocyanates is 1. The van der Waals surface area contributed by atoms with E-state index in [9.17, 15) is 0 Å². The van der Waals surface area contributed by atoms with E-state index in [0.29, 0.717) is 17.8 Å². The van der Waals surface area contributed by atoms with Crippen LogP contribution in [0.1, 0.15) is 53.4 Å². The van der Waals surface area contributed by atoms with Crippen molar-refractivity contribution in [1.82, 2.24) is 0 Å². The minimum absolute atomic E-state index is 0.0182. The number of thiocarbonyl (C=S) groups is 1. The van der Waals surface area contributed by atoms with Gasteiger partial charge in [0.15, 0.2) is 0 Å². The van der Waals surface area contributed by atoms with E-state index in [-0.39, 0.29) is 5.54 Å². The van der Waals surface area contributed by atoms with Gasteiger partial charge in [0.05, 0.1) is 10.7 Å². The molecule has 1 nitrogen and oxygen atoms in total. The highest BCUT2D eigenvalue weighted by Crippen LogP contribution is 2.50. The van der Waals surface area contributed by atoms with Gasteiger partial charge in [-0.3, -0.25) is 0 Å². The second-order valence-electron chi connectivity index (χ2n) is 6.70. The van der Waals surface area contributed by atoms with Gasteiger partial charge in [-0.1, -0.05) is 32.4 Å². The van der Waals surface area contributed by atoms with Crippen LogP contribution < -0.4 is 0 Å². The summed E-state index contributed by atoms with van der Waals surface area (Å²) in [5.41, 5.74) is 1.65. The molecule has 0 aromatic heterocycles. The topological polar surface area (TPSA) is 12.4 Å². The zero-order chi connectivity index (χ0) is 13.3. The molecule has 0 unspecified atom stereocenters. The molecule has 4 atom stereocenters. The summed E-state index contributed by atoms with van der Waals surface area (Å²) in [5, 5.41) is 2.66. The normalized spacial score (nSPS) is 39.8. The van der Waals surface area contributed by atoms with Crippen LogP contribution in [0.3, 0.4) is 0 Å². The van der Waals surface area contributed by atoms with E-state index in [1.165, 1.54) is 19.3 Å². The first-order valence-electron chi connectivity index (χ1n) is 7.27. The molecule has 100 valence electrons. The largest absolute Gasteiger partial charge is 0.226 e. The number of hydrogen-bond donors (Lipinski definition) is 0. The van der Waals surface area contributed by atoms with E-state index in [1.807, 2.05) is 0 Å². The molecule has 0 amide bonds. The van der Waals surface area contributed by atoms with Gasteiger partial charge in [0.1, 0.15) is 0 Å². The lowest BCUT2D eigenvalue weighted by molar-refractivity contribution is 0.243. The number of aliphatic imine (C=N–C) groups is 1. The molecule has 0 spiro atoms. The zero-order valence-corrected chi connectivity index (χ0v) is 12.9. The van der Waals surface area contributed by atoms with Crippen LogP contribution in [0.15, 0.2) is 16.6 Å². The molecule has 1 fully saturated rings. The van der Waals surface area contributed by atoms with Crippen LogP contribution in [-0.4, -0.2) is 10.7 Å². The van der Waals surface area contributed by atoms with E-state index in [0.717, 1.165) is 12.3 Å². The van der Waals surface area contributed by atoms with Gasteiger partial charge >= 0.3 is 0 Å². The maximum atomic E-state index is 4.89. The molecule has 2 heteroatoms. The molecule has 2 aliphatic carbocycles. The Morgan fingerprint density at radius 3 is 2.78 bits per heavy atom. The third-order valence-corrected chi connectivity index (χ3v) is 5.31. The number of hydrogen-bond acceptors (Lipinski definition) is 2. The second kappa shape index (κ2) is 5.27. The van der Waals surface area contributed by atoms with Crippen molar-refractivity contribution in [2.45, 2.75) is 58.9 Å². The van der Waals surface area contributed by atoms with E-state index in [1.54, 1.807) is 5.57 Å². The number of rotatable bonds is 2. The first kappa shape index (κ1) is 14.0. The van der Waals surface area contributed by atoms with Crippen LogP contribution in [0.2, 0.25) is 0 Å². The van der Waals surface area contributed by atoms with Crippen LogP contribution >= 0.6 is 12.2 Å². The summed E-state index contributed by atoms with van der Waals surface area (Å²) < 4.78 is 0. The highest BCUT2D eigenvalue weighted by atomic mass is 32.1. The minimum Gasteiger partial charge on any atom is -0.226 e. The lowest BCUT2D eigenvalue weighted by Gasteiger charge is -2.33. The Labute approximate surface area is 117 Å². The molecule has 2 aliphatic rings. The van der Waals surface area contributed by atoms with Crippen molar-refractivity contribution < 1.29 is 0 Å². The van der Waals surface area contributed by atoms with Gasteiger partial charge in [0.25, 0.3) is 0 Å². The number of nitrogens with zero attached hydrogens (tertiary/aromatic N) is 1. The summed E-state index contributed by atoms with van der Waals surface area (Å²) in [6.07, 6.45) is 7.52. The van der Waals surface area contributed by atoms with Gasteiger partial charge in [-0.2, -0.15) is 0 Å². The molecule has 0 N–H and O–H groups in total. The minimum atomic E-state index is 0.0182. The van der Waals surface area contributed by atoms with Crippen LogP contribution in [0.4, 0.5) is 0 Å². The third kappa shape index (κ3) is 2.46. The first-order valence-corrected chi connectivity index (χ1v) is 7.68. The molecular weight excluding hydrogens is 238 g/mol. The predicted octanol–water partition coefficient (Wildman–Crippen LogP) is 4.89. The molecular formula is C16H25NS. The fraction of sp³-hybridized carbons (Fsp3) is 0.812. The van der Waals surface area contributed by atoms with E-state index >= 15 is 0 Å². The monoisotopic (exact) mass is 263 g/mol. The average Bonchev–Trinajstić information content (AvgIpc) is 2.59. The summed E-state index contributed by atoms with van der Waals surface area (Å²) in [6.45, 7) is 9.31. The summed E-state index contributed by atoms with van der Waals surface area (Å²) in [7, 11) is 0. The molecule has 1 saturated carbocycles. The van der Waals surface area contributed by atoms with E-state index < -0.39 is 0 Å². The Morgan fingerprint density at radius 2 is 2.17 bits per heavy atom. The quantitative estimate of drug-likeness (QED) is 0.393. The van der Waals surface area contributed by atoms with Gasteiger partial charge in [-0.05, 0) is 68.5 Å².